The van der Waals surface area contributed by atoms with Crippen LogP contribution in [0.1, 0.15) is 17.2 Å². The normalized spacial score (nSPS) is 13.8. The van der Waals surface area contributed by atoms with Gasteiger partial charge >= 0.3 is 0 Å². The molecule has 2 atom stereocenters. The van der Waals surface area contributed by atoms with Gasteiger partial charge in [-0.25, -0.2) is 0 Å². The van der Waals surface area contributed by atoms with Crippen molar-refractivity contribution in [3.63, 3.8) is 0 Å². The highest BCUT2D eigenvalue weighted by molar-refractivity contribution is 5.24. The van der Waals surface area contributed by atoms with E-state index < -0.39 is 0 Å². The number of methoxy groups -OCH3 is 1. The third-order valence-electron chi connectivity index (χ3n) is 3.51. The van der Waals surface area contributed by atoms with Gasteiger partial charge in [0.2, 0.25) is 0 Å². The summed E-state index contributed by atoms with van der Waals surface area (Å²) in [7, 11) is 1.65. The van der Waals surface area contributed by atoms with Gasteiger partial charge in [-0.15, -0.1) is 0 Å². The summed E-state index contributed by atoms with van der Waals surface area (Å²) in [5.74, 6) is 0. The lowest BCUT2D eigenvalue weighted by Gasteiger charge is -2.25. The number of rotatable bonds is 8. The molecular formula is C18H23NO2. The van der Waals surface area contributed by atoms with E-state index >= 15 is 0 Å². The number of aliphatic hydroxyl groups excluding tert-OH is 1. The van der Waals surface area contributed by atoms with Gasteiger partial charge in [0.1, 0.15) is 0 Å². The number of ether oxygens (including phenoxy) is 1. The predicted molar refractivity (Wildman–Crippen MR) is 85.2 cm³/mol. The molecule has 3 heteroatoms. The first kappa shape index (κ1) is 15.7. The molecule has 0 radical (unpaired) electrons. The molecule has 0 aromatic heterocycles. The maximum absolute atomic E-state index is 9.48. The van der Waals surface area contributed by atoms with Crippen LogP contribution in [-0.2, 0) is 11.2 Å². The van der Waals surface area contributed by atoms with Crippen molar-refractivity contribution in [3.8, 4) is 0 Å². The maximum Gasteiger partial charge on any atom is 0.0638 e. The van der Waals surface area contributed by atoms with Gasteiger partial charge in [0.25, 0.3) is 0 Å². The molecular weight excluding hydrogens is 262 g/mol. The van der Waals surface area contributed by atoms with Crippen molar-refractivity contribution in [2.75, 3.05) is 20.3 Å². The molecule has 0 aliphatic heterocycles. The second-order valence-corrected chi connectivity index (χ2v) is 5.15. The van der Waals surface area contributed by atoms with E-state index in [0.29, 0.717) is 6.61 Å². The monoisotopic (exact) mass is 285 g/mol. The lowest BCUT2D eigenvalue weighted by Crippen LogP contribution is -2.39. The quantitative estimate of drug-likeness (QED) is 0.783. The van der Waals surface area contributed by atoms with E-state index in [1.807, 2.05) is 24.3 Å². The average Bonchev–Trinajstić information content (AvgIpc) is 2.55. The van der Waals surface area contributed by atoms with Crippen LogP contribution in [0.2, 0.25) is 0 Å². The Morgan fingerprint density at radius 2 is 1.62 bits per heavy atom. The van der Waals surface area contributed by atoms with Gasteiger partial charge in [-0.1, -0.05) is 60.7 Å². The van der Waals surface area contributed by atoms with Gasteiger partial charge in [0.05, 0.1) is 19.3 Å². The highest BCUT2D eigenvalue weighted by atomic mass is 16.5. The van der Waals surface area contributed by atoms with Crippen LogP contribution in [0, 0.1) is 0 Å². The topological polar surface area (TPSA) is 41.5 Å². The number of benzene rings is 2. The van der Waals surface area contributed by atoms with Gasteiger partial charge in [-0.05, 0) is 17.5 Å². The standard InChI is InChI=1S/C18H23NO2/c1-21-14-17(13-20)19-18(16-10-6-3-7-11-16)12-15-8-4-2-5-9-15/h2-11,17-20H,12-14H2,1H3. The van der Waals surface area contributed by atoms with Gasteiger partial charge in [0, 0.05) is 13.2 Å². The summed E-state index contributed by atoms with van der Waals surface area (Å²) in [4.78, 5) is 0. The summed E-state index contributed by atoms with van der Waals surface area (Å²) in [6.07, 6.45) is 0.880. The molecule has 112 valence electrons. The number of hydrogen-bond donors (Lipinski definition) is 2. The molecule has 2 unspecified atom stereocenters. The Balaban J connectivity index is 2.14. The molecule has 0 fully saturated rings. The maximum atomic E-state index is 9.48. The molecule has 0 aliphatic carbocycles. The fourth-order valence-corrected chi connectivity index (χ4v) is 2.45. The first-order chi connectivity index (χ1) is 10.3. The molecule has 2 rings (SSSR count). The highest BCUT2D eigenvalue weighted by Gasteiger charge is 2.17. The third kappa shape index (κ3) is 4.97. The van der Waals surface area contributed by atoms with Crippen LogP contribution in [0.4, 0.5) is 0 Å². The van der Waals surface area contributed by atoms with E-state index in [0.717, 1.165) is 6.42 Å². The van der Waals surface area contributed by atoms with Crippen LogP contribution in [-0.4, -0.2) is 31.5 Å². The smallest absolute Gasteiger partial charge is 0.0638 e. The first-order valence-electron chi connectivity index (χ1n) is 7.28. The van der Waals surface area contributed by atoms with Crippen LogP contribution in [0.25, 0.3) is 0 Å². The van der Waals surface area contributed by atoms with Gasteiger partial charge < -0.3 is 15.2 Å². The lowest BCUT2D eigenvalue weighted by atomic mass is 9.98. The lowest BCUT2D eigenvalue weighted by molar-refractivity contribution is 0.122. The summed E-state index contributed by atoms with van der Waals surface area (Å²) in [5.41, 5.74) is 2.49. The summed E-state index contributed by atoms with van der Waals surface area (Å²) in [6.45, 7) is 0.556. The largest absolute Gasteiger partial charge is 0.395 e. The van der Waals surface area contributed by atoms with E-state index in [4.69, 9.17) is 4.74 Å². The first-order valence-corrected chi connectivity index (χ1v) is 7.28. The minimum absolute atomic E-state index is 0.0615. The Hall–Kier alpha value is -1.68. The SMILES string of the molecule is COCC(CO)NC(Cc1ccccc1)c1ccccc1. The van der Waals surface area contributed by atoms with Gasteiger partial charge in [0.15, 0.2) is 0 Å². The van der Waals surface area contributed by atoms with Crippen LogP contribution in [0.3, 0.4) is 0 Å². The molecule has 0 aliphatic rings. The molecule has 2 aromatic rings. The van der Waals surface area contributed by atoms with Gasteiger partial charge in [-0.2, -0.15) is 0 Å². The Bertz CT molecular complexity index is 501. The fourth-order valence-electron chi connectivity index (χ4n) is 2.45. The molecule has 21 heavy (non-hydrogen) atoms. The molecule has 0 heterocycles. The summed E-state index contributed by atoms with van der Waals surface area (Å²) >= 11 is 0. The van der Waals surface area contributed by atoms with E-state index in [1.165, 1.54) is 11.1 Å². The van der Waals surface area contributed by atoms with Crippen molar-refractivity contribution < 1.29 is 9.84 Å². The fraction of sp³-hybridized carbons (Fsp3) is 0.333. The molecule has 3 nitrogen and oxygen atoms in total. The number of aliphatic hydroxyl groups is 1. The molecule has 0 saturated heterocycles. The average molecular weight is 285 g/mol. The molecule has 0 bridgehead atoms. The van der Waals surface area contributed by atoms with Crippen LogP contribution in [0.15, 0.2) is 60.7 Å². The van der Waals surface area contributed by atoms with Crippen molar-refractivity contribution in [2.24, 2.45) is 0 Å². The van der Waals surface area contributed by atoms with Crippen molar-refractivity contribution in [2.45, 2.75) is 18.5 Å². The molecule has 0 spiro atoms. The summed E-state index contributed by atoms with van der Waals surface area (Å²) < 4.78 is 5.16. The third-order valence-corrected chi connectivity index (χ3v) is 3.51. The molecule has 2 N–H and O–H groups in total. The van der Waals surface area contributed by atoms with Crippen LogP contribution in [0.5, 0.6) is 0 Å². The zero-order valence-corrected chi connectivity index (χ0v) is 12.4. The second-order valence-electron chi connectivity index (χ2n) is 5.15. The van der Waals surface area contributed by atoms with Crippen LogP contribution < -0.4 is 5.32 Å². The summed E-state index contributed by atoms with van der Waals surface area (Å²) in [5, 5.41) is 13.0. The Kier molecular flexibility index (Phi) is 6.41. The molecule has 0 amide bonds. The minimum atomic E-state index is -0.0658. The zero-order chi connectivity index (χ0) is 14.9. The van der Waals surface area contributed by atoms with Crippen molar-refractivity contribution in [1.29, 1.82) is 0 Å². The number of hydrogen-bond acceptors (Lipinski definition) is 3. The predicted octanol–water partition coefficient (Wildman–Crippen LogP) is 2.57. The van der Waals surface area contributed by atoms with Crippen molar-refractivity contribution in [1.82, 2.24) is 5.32 Å². The minimum Gasteiger partial charge on any atom is -0.395 e. The van der Waals surface area contributed by atoms with Gasteiger partial charge in [-0.3, -0.25) is 0 Å². The second kappa shape index (κ2) is 8.57. The van der Waals surface area contributed by atoms with Crippen molar-refractivity contribution in [3.05, 3.63) is 71.8 Å². The number of nitrogens with one attached hydrogen (secondary N) is 1. The van der Waals surface area contributed by atoms with E-state index in [-0.39, 0.29) is 18.7 Å². The van der Waals surface area contributed by atoms with E-state index in [1.54, 1.807) is 7.11 Å². The highest BCUT2D eigenvalue weighted by Crippen LogP contribution is 2.19. The molecule has 2 aromatic carbocycles. The van der Waals surface area contributed by atoms with E-state index in [9.17, 15) is 5.11 Å². The Morgan fingerprint density at radius 3 is 2.19 bits per heavy atom. The van der Waals surface area contributed by atoms with Crippen LogP contribution >= 0.6 is 0 Å². The Labute approximate surface area is 126 Å². The Morgan fingerprint density at radius 1 is 1.00 bits per heavy atom. The summed E-state index contributed by atoms with van der Waals surface area (Å²) in [6, 6.07) is 20.8. The van der Waals surface area contributed by atoms with Crippen molar-refractivity contribution >= 4 is 0 Å². The zero-order valence-electron chi connectivity index (χ0n) is 12.4. The van der Waals surface area contributed by atoms with E-state index in [2.05, 4.69) is 41.7 Å². The molecule has 0 saturated carbocycles.